The zero-order valence-corrected chi connectivity index (χ0v) is 21.6. The molecule has 3 fully saturated rings. The molecule has 0 bridgehead atoms. The maximum absolute atomic E-state index is 13.1. The van der Waals surface area contributed by atoms with Crippen LogP contribution in [0.5, 0.6) is 5.75 Å². The average molecular weight is 529 g/mol. The molecule has 10 heteroatoms. The molecule has 2 aromatic carbocycles. The van der Waals surface area contributed by atoms with Gasteiger partial charge in [-0.15, -0.1) is 0 Å². The third kappa shape index (κ3) is 3.88. The predicted octanol–water partition coefficient (Wildman–Crippen LogP) is 2.73. The molecule has 39 heavy (non-hydrogen) atoms. The lowest BCUT2D eigenvalue weighted by atomic mass is 9.86. The Morgan fingerprint density at radius 3 is 2.46 bits per heavy atom. The number of carbonyl (C=O) groups is 5. The Morgan fingerprint density at radius 1 is 0.974 bits per heavy atom. The molecule has 5 amide bonds. The second-order valence-electron chi connectivity index (χ2n) is 11.3. The fourth-order valence-electron chi connectivity index (χ4n) is 6.14. The van der Waals surface area contributed by atoms with Crippen LogP contribution in [0.1, 0.15) is 70.4 Å². The lowest BCUT2D eigenvalue weighted by Gasteiger charge is -2.35. The van der Waals surface area contributed by atoms with Crippen LogP contribution in [0.15, 0.2) is 36.4 Å². The van der Waals surface area contributed by atoms with E-state index in [9.17, 15) is 24.0 Å². The summed E-state index contributed by atoms with van der Waals surface area (Å²) >= 11 is 0. The van der Waals surface area contributed by atoms with E-state index in [1.807, 2.05) is 17.0 Å². The van der Waals surface area contributed by atoms with Gasteiger partial charge in [0.2, 0.25) is 11.8 Å². The van der Waals surface area contributed by atoms with E-state index < -0.39 is 18.0 Å². The first-order valence-corrected chi connectivity index (χ1v) is 13.4. The highest BCUT2D eigenvalue weighted by Gasteiger charge is 2.53. The Bertz CT molecular complexity index is 1480. The van der Waals surface area contributed by atoms with Gasteiger partial charge in [-0.25, -0.2) is 4.79 Å². The van der Waals surface area contributed by atoms with E-state index in [1.165, 1.54) is 15.9 Å². The van der Waals surface area contributed by atoms with Gasteiger partial charge in [0.25, 0.3) is 11.8 Å². The van der Waals surface area contributed by atoms with Crippen molar-refractivity contribution in [3.8, 4) is 5.75 Å². The Hall–Kier alpha value is -4.21. The highest BCUT2D eigenvalue weighted by Crippen LogP contribution is 2.54. The maximum Gasteiger partial charge on any atom is 0.419 e. The normalized spacial score (nSPS) is 22.9. The van der Waals surface area contributed by atoms with E-state index in [-0.39, 0.29) is 48.3 Å². The van der Waals surface area contributed by atoms with Crippen LogP contribution in [0.3, 0.4) is 0 Å². The highest BCUT2D eigenvalue weighted by molar-refractivity contribution is 6.05. The molecule has 1 saturated heterocycles. The zero-order chi connectivity index (χ0) is 27.1. The lowest BCUT2D eigenvalue weighted by molar-refractivity contribution is -0.136. The van der Waals surface area contributed by atoms with Crippen LogP contribution >= 0.6 is 0 Å². The number of piperidine rings is 1. The van der Waals surface area contributed by atoms with Crippen LogP contribution in [0.2, 0.25) is 0 Å². The van der Waals surface area contributed by atoms with Crippen molar-refractivity contribution in [2.75, 3.05) is 18.5 Å². The van der Waals surface area contributed by atoms with Gasteiger partial charge in [-0.1, -0.05) is 6.07 Å². The number of hydrogen-bond donors (Lipinski definition) is 1. The van der Waals surface area contributed by atoms with Crippen LogP contribution in [-0.4, -0.2) is 65.2 Å². The number of nitrogens with one attached hydrogen (secondary N) is 1. The van der Waals surface area contributed by atoms with Crippen molar-refractivity contribution in [3.63, 3.8) is 0 Å². The fraction of sp³-hybridized carbons (Fsp3) is 0.414. The number of fused-ring (bicyclic) bond motifs is 3. The Balaban J connectivity index is 1.07. The number of amides is 5. The molecule has 3 aliphatic heterocycles. The fourth-order valence-corrected chi connectivity index (χ4v) is 6.14. The van der Waals surface area contributed by atoms with Crippen molar-refractivity contribution in [3.05, 3.63) is 58.7 Å². The number of carbonyl (C=O) groups excluding carboxylic acids is 5. The SMILES string of the molecule is CN(C(=O)Oc1ccc2c(c1)C(=O)N(C1CCC(=O)NC1=O)C2)c1ccc2c(c1)C1(CC1)CN(C1CC1)C2=O. The molecule has 0 radical (unpaired) electrons. The van der Waals surface area contributed by atoms with Crippen molar-refractivity contribution < 1.29 is 28.7 Å². The molecule has 7 rings (SSSR count). The Morgan fingerprint density at radius 2 is 1.74 bits per heavy atom. The molecule has 200 valence electrons. The summed E-state index contributed by atoms with van der Waals surface area (Å²) in [5.41, 5.74) is 3.47. The third-order valence-electron chi connectivity index (χ3n) is 8.75. The standard InChI is InChI=1S/C29H28N4O6/c1-31(18-5-7-20-22(12-18)29(10-11-29)15-33(26(20)36)17-3-4-17)28(38)39-19-6-2-16-14-32(27(37)21(16)13-19)23-8-9-24(34)30-25(23)35/h2,5-7,12-13,17,23H,3-4,8-11,14-15H2,1H3,(H,30,34,35). The van der Waals surface area contributed by atoms with Crippen molar-refractivity contribution in [1.29, 1.82) is 0 Å². The summed E-state index contributed by atoms with van der Waals surface area (Å²) in [4.78, 5) is 68.0. The van der Waals surface area contributed by atoms with Crippen LogP contribution in [-0.2, 0) is 21.5 Å². The van der Waals surface area contributed by atoms with E-state index in [0.29, 0.717) is 17.3 Å². The molecule has 5 aliphatic rings. The number of benzene rings is 2. The van der Waals surface area contributed by atoms with Gasteiger partial charge in [-0.05, 0) is 73.6 Å². The minimum Gasteiger partial charge on any atom is -0.410 e. The van der Waals surface area contributed by atoms with Crippen LogP contribution in [0.25, 0.3) is 0 Å². The Kier molecular flexibility index (Phi) is 5.14. The van der Waals surface area contributed by atoms with Crippen molar-refractivity contribution in [1.82, 2.24) is 15.1 Å². The second kappa shape index (κ2) is 8.39. The van der Waals surface area contributed by atoms with Crippen molar-refractivity contribution in [2.45, 2.75) is 62.6 Å². The van der Waals surface area contributed by atoms with E-state index >= 15 is 0 Å². The third-order valence-corrected chi connectivity index (χ3v) is 8.75. The van der Waals surface area contributed by atoms with Gasteiger partial charge in [-0.2, -0.15) is 0 Å². The topological polar surface area (TPSA) is 116 Å². The average Bonchev–Trinajstić information content (AvgIpc) is 3.85. The van der Waals surface area contributed by atoms with Gasteiger partial charge >= 0.3 is 6.09 Å². The number of imide groups is 1. The summed E-state index contributed by atoms with van der Waals surface area (Å²) in [7, 11) is 1.62. The van der Waals surface area contributed by atoms with Gasteiger partial charge in [0.1, 0.15) is 11.8 Å². The van der Waals surface area contributed by atoms with Gasteiger partial charge in [-0.3, -0.25) is 29.4 Å². The summed E-state index contributed by atoms with van der Waals surface area (Å²) in [6.07, 6.45) is 4.07. The van der Waals surface area contributed by atoms with Crippen LogP contribution < -0.4 is 15.0 Å². The van der Waals surface area contributed by atoms with Crippen LogP contribution in [0.4, 0.5) is 10.5 Å². The highest BCUT2D eigenvalue weighted by atomic mass is 16.6. The van der Waals surface area contributed by atoms with Crippen molar-refractivity contribution >= 4 is 35.4 Å². The molecular formula is C29H28N4O6. The number of nitrogens with zero attached hydrogens (tertiary/aromatic N) is 3. The molecule has 1 spiro atoms. The first-order chi connectivity index (χ1) is 18.7. The summed E-state index contributed by atoms with van der Waals surface area (Å²) in [5.74, 6) is -0.843. The molecule has 2 aliphatic carbocycles. The van der Waals surface area contributed by atoms with Gasteiger partial charge in [0.05, 0.1) is 0 Å². The van der Waals surface area contributed by atoms with Gasteiger partial charge < -0.3 is 14.5 Å². The van der Waals surface area contributed by atoms with Crippen LogP contribution in [0, 0.1) is 0 Å². The molecule has 0 aromatic heterocycles. The van der Waals surface area contributed by atoms with E-state index in [2.05, 4.69) is 5.32 Å². The van der Waals surface area contributed by atoms with Crippen molar-refractivity contribution in [2.24, 2.45) is 0 Å². The maximum atomic E-state index is 13.1. The molecule has 2 aromatic rings. The minimum absolute atomic E-state index is 0.0126. The molecular weight excluding hydrogens is 500 g/mol. The molecule has 1 atom stereocenters. The van der Waals surface area contributed by atoms with Gasteiger partial charge in [0.15, 0.2) is 0 Å². The number of anilines is 1. The number of ether oxygens (including phenoxy) is 1. The van der Waals surface area contributed by atoms with E-state index in [4.69, 9.17) is 4.74 Å². The number of rotatable bonds is 4. The predicted molar refractivity (Wildman–Crippen MR) is 138 cm³/mol. The minimum atomic E-state index is -0.707. The zero-order valence-electron chi connectivity index (χ0n) is 21.6. The summed E-state index contributed by atoms with van der Waals surface area (Å²) in [6.45, 7) is 1.00. The Labute approximate surface area is 224 Å². The lowest BCUT2D eigenvalue weighted by Crippen LogP contribution is -2.52. The summed E-state index contributed by atoms with van der Waals surface area (Å²) in [6, 6.07) is 10.1. The molecule has 1 N–H and O–H groups in total. The largest absolute Gasteiger partial charge is 0.419 e. The smallest absolute Gasteiger partial charge is 0.410 e. The number of hydrogen-bond acceptors (Lipinski definition) is 6. The summed E-state index contributed by atoms with van der Waals surface area (Å²) in [5, 5.41) is 2.29. The molecule has 1 unspecified atom stereocenters. The quantitative estimate of drug-likeness (QED) is 0.610. The second-order valence-corrected chi connectivity index (χ2v) is 11.3. The van der Waals surface area contributed by atoms with Gasteiger partial charge in [0, 0.05) is 54.8 Å². The first-order valence-electron chi connectivity index (χ1n) is 13.4. The van der Waals surface area contributed by atoms with E-state index in [0.717, 1.165) is 48.9 Å². The molecule has 3 heterocycles. The molecule has 10 nitrogen and oxygen atoms in total. The summed E-state index contributed by atoms with van der Waals surface area (Å²) < 4.78 is 5.63. The molecule has 2 saturated carbocycles. The first kappa shape index (κ1) is 23.9. The monoisotopic (exact) mass is 528 g/mol. The van der Waals surface area contributed by atoms with E-state index in [1.54, 1.807) is 25.2 Å².